The standard InChI is InChI=1S/C25H29FN4O2/c26-22-4-2-1-3-17(22)13-23-28-15-21-24(30-23)20(16-5-7-18(31)8-6-16)14-29-25(21)32-19-9-11-27-12-10-19/h1-4,14-16,18-19,27,31H,5-13H2. The Labute approximate surface area is 187 Å². The number of rotatable bonds is 5. The van der Waals surface area contributed by atoms with E-state index in [0.717, 1.165) is 68.1 Å². The van der Waals surface area contributed by atoms with Crippen LogP contribution in [0.3, 0.4) is 0 Å². The molecule has 2 aliphatic rings. The molecule has 1 saturated carbocycles. The van der Waals surface area contributed by atoms with Crippen LogP contribution in [0.4, 0.5) is 4.39 Å². The first-order valence-electron chi connectivity index (χ1n) is 11.6. The van der Waals surface area contributed by atoms with Gasteiger partial charge in [0.25, 0.3) is 0 Å². The summed E-state index contributed by atoms with van der Waals surface area (Å²) in [6, 6.07) is 6.74. The zero-order valence-corrected chi connectivity index (χ0v) is 18.1. The second-order valence-corrected chi connectivity index (χ2v) is 8.91. The first-order valence-corrected chi connectivity index (χ1v) is 11.6. The molecule has 2 aromatic heterocycles. The van der Waals surface area contributed by atoms with E-state index in [1.165, 1.54) is 6.07 Å². The number of halogens is 1. The van der Waals surface area contributed by atoms with Crippen molar-refractivity contribution in [1.29, 1.82) is 0 Å². The molecule has 7 heteroatoms. The SMILES string of the molecule is OC1CCC(c2cnc(OC3CCNCC3)c3cnc(Cc4ccccc4F)nc23)CC1. The number of hydrogen-bond donors (Lipinski definition) is 2. The number of aromatic nitrogens is 3. The molecule has 6 nitrogen and oxygen atoms in total. The average Bonchev–Trinajstić information content (AvgIpc) is 2.82. The topological polar surface area (TPSA) is 80.2 Å². The predicted octanol–water partition coefficient (Wildman–Crippen LogP) is 3.90. The number of piperidine rings is 1. The zero-order valence-electron chi connectivity index (χ0n) is 18.1. The molecular formula is C25H29FN4O2. The van der Waals surface area contributed by atoms with Crippen molar-refractivity contribution in [2.75, 3.05) is 13.1 Å². The lowest BCUT2D eigenvalue weighted by Gasteiger charge is -2.27. The van der Waals surface area contributed by atoms with Crippen molar-refractivity contribution in [1.82, 2.24) is 20.3 Å². The number of aliphatic hydroxyl groups is 1. The van der Waals surface area contributed by atoms with Crippen molar-refractivity contribution >= 4 is 10.9 Å². The molecule has 1 aliphatic carbocycles. The number of pyridine rings is 1. The van der Waals surface area contributed by atoms with Crippen molar-refractivity contribution < 1.29 is 14.2 Å². The molecule has 0 bridgehead atoms. The fourth-order valence-corrected chi connectivity index (χ4v) is 4.80. The van der Waals surface area contributed by atoms with Crippen molar-refractivity contribution in [3.05, 3.63) is 59.4 Å². The maximum Gasteiger partial charge on any atom is 0.224 e. The Morgan fingerprint density at radius 2 is 1.78 bits per heavy atom. The third-order valence-electron chi connectivity index (χ3n) is 6.67. The van der Waals surface area contributed by atoms with E-state index in [4.69, 9.17) is 9.72 Å². The lowest BCUT2D eigenvalue weighted by molar-refractivity contribution is 0.122. The van der Waals surface area contributed by atoms with Gasteiger partial charge in [-0.05, 0) is 69.2 Å². The van der Waals surface area contributed by atoms with Gasteiger partial charge in [0.1, 0.15) is 17.7 Å². The van der Waals surface area contributed by atoms with Gasteiger partial charge < -0.3 is 15.2 Å². The molecule has 5 rings (SSSR count). The Morgan fingerprint density at radius 1 is 1.00 bits per heavy atom. The quantitative estimate of drug-likeness (QED) is 0.631. The van der Waals surface area contributed by atoms with E-state index in [2.05, 4.69) is 15.3 Å². The Bertz CT molecular complexity index is 1080. The Kier molecular flexibility index (Phi) is 6.28. The molecule has 0 amide bonds. The van der Waals surface area contributed by atoms with Gasteiger partial charge in [-0.2, -0.15) is 0 Å². The molecule has 0 radical (unpaired) electrons. The normalized spacial score (nSPS) is 22.2. The highest BCUT2D eigenvalue weighted by atomic mass is 19.1. The van der Waals surface area contributed by atoms with E-state index < -0.39 is 0 Å². The molecule has 0 spiro atoms. The summed E-state index contributed by atoms with van der Waals surface area (Å²) >= 11 is 0. The highest BCUT2D eigenvalue weighted by Crippen LogP contribution is 2.37. The van der Waals surface area contributed by atoms with Gasteiger partial charge in [0.05, 0.1) is 17.0 Å². The lowest BCUT2D eigenvalue weighted by Crippen LogP contribution is -2.34. The van der Waals surface area contributed by atoms with Crippen LogP contribution in [0.1, 0.15) is 61.4 Å². The van der Waals surface area contributed by atoms with Crippen LogP contribution in [0.15, 0.2) is 36.7 Å². The molecule has 1 aliphatic heterocycles. The van der Waals surface area contributed by atoms with E-state index >= 15 is 0 Å². The van der Waals surface area contributed by atoms with Crippen LogP contribution in [-0.4, -0.2) is 45.4 Å². The van der Waals surface area contributed by atoms with Crippen LogP contribution in [0.5, 0.6) is 5.88 Å². The van der Waals surface area contributed by atoms with Crippen LogP contribution >= 0.6 is 0 Å². The van der Waals surface area contributed by atoms with Gasteiger partial charge >= 0.3 is 0 Å². The second-order valence-electron chi connectivity index (χ2n) is 8.91. The van der Waals surface area contributed by atoms with E-state index in [-0.39, 0.29) is 23.9 Å². The molecule has 32 heavy (non-hydrogen) atoms. The summed E-state index contributed by atoms with van der Waals surface area (Å²) in [5.74, 6) is 1.20. The largest absolute Gasteiger partial charge is 0.474 e. The van der Waals surface area contributed by atoms with Gasteiger partial charge in [-0.15, -0.1) is 0 Å². The van der Waals surface area contributed by atoms with Gasteiger partial charge in [-0.25, -0.2) is 19.3 Å². The third-order valence-corrected chi connectivity index (χ3v) is 6.67. The lowest BCUT2D eigenvalue weighted by atomic mass is 9.82. The minimum absolute atomic E-state index is 0.126. The van der Waals surface area contributed by atoms with Crippen molar-refractivity contribution in [2.24, 2.45) is 0 Å². The number of aliphatic hydroxyl groups excluding tert-OH is 1. The summed E-state index contributed by atoms with van der Waals surface area (Å²) in [5, 5.41) is 14.1. The zero-order chi connectivity index (χ0) is 21.9. The molecular weight excluding hydrogens is 407 g/mol. The number of benzene rings is 1. The summed E-state index contributed by atoms with van der Waals surface area (Å²) in [7, 11) is 0. The van der Waals surface area contributed by atoms with Crippen molar-refractivity contribution in [2.45, 2.75) is 63.1 Å². The van der Waals surface area contributed by atoms with Crippen LogP contribution in [0.25, 0.3) is 10.9 Å². The fraction of sp³-hybridized carbons (Fsp3) is 0.480. The van der Waals surface area contributed by atoms with Crippen LogP contribution in [0, 0.1) is 5.82 Å². The maximum absolute atomic E-state index is 14.2. The molecule has 2 fully saturated rings. The van der Waals surface area contributed by atoms with E-state index in [1.807, 2.05) is 12.3 Å². The van der Waals surface area contributed by atoms with Crippen molar-refractivity contribution in [3.63, 3.8) is 0 Å². The monoisotopic (exact) mass is 436 g/mol. The highest BCUT2D eigenvalue weighted by molar-refractivity contribution is 5.85. The van der Waals surface area contributed by atoms with Crippen molar-refractivity contribution in [3.8, 4) is 5.88 Å². The van der Waals surface area contributed by atoms with E-state index in [9.17, 15) is 9.50 Å². The number of hydrogen-bond acceptors (Lipinski definition) is 6. The predicted molar refractivity (Wildman–Crippen MR) is 120 cm³/mol. The molecule has 1 aromatic carbocycles. The second kappa shape index (κ2) is 9.46. The van der Waals surface area contributed by atoms with Gasteiger partial charge in [0.15, 0.2) is 0 Å². The molecule has 3 heterocycles. The summed E-state index contributed by atoms with van der Waals surface area (Å²) < 4.78 is 20.5. The number of nitrogens with zero attached hydrogens (tertiary/aromatic N) is 3. The number of fused-ring (bicyclic) bond motifs is 1. The average molecular weight is 437 g/mol. The summed E-state index contributed by atoms with van der Waals surface area (Å²) in [4.78, 5) is 14.1. The summed E-state index contributed by atoms with van der Waals surface area (Å²) in [5.41, 5.74) is 2.49. The first-order chi connectivity index (χ1) is 15.7. The third kappa shape index (κ3) is 4.59. The Hall–Kier alpha value is -2.64. The van der Waals surface area contributed by atoms with Gasteiger partial charge in [-0.3, -0.25) is 0 Å². The molecule has 1 saturated heterocycles. The number of nitrogens with one attached hydrogen (secondary N) is 1. The molecule has 168 valence electrons. The smallest absolute Gasteiger partial charge is 0.224 e. The van der Waals surface area contributed by atoms with Crippen LogP contribution in [0.2, 0.25) is 0 Å². The van der Waals surface area contributed by atoms with Gasteiger partial charge in [0.2, 0.25) is 5.88 Å². The Morgan fingerprint density at radius 3 is 2.56 bits per heavy atom. The minimum atomic E-state index is -0.248. The molecule has 2 N–H and O–H groups in total. The Balaban J connectivity index is 1.52. The summed E-state index contributed by atoms with van der Waals surface area (Å²) in [6.45, 7) is 1.88. The number of ether oxygens (including phenoxy) is 1. The molecule has 0 atom stereocenters. The highest BCUT2D eigenvalue weighted by Gasteiger charge is 2.25. The first kappa shape index (κ1) is 21.2. The maximum atomic E-state index is 14.2. The van der Waals surface area contributed by atoms with E-state index in [1.54, 1.807) is 18.3 Å². The van der Waals surface area contributed by atoms with Crippen LogP contribution < -0.4 is 10.1 Å². The van der Waals surface area contributed by atoms with E-state index in [0.29, 0.717) is 23.7 Å². The minimum Gasteiger partial charge on any atom is -0.474 e. The van der Waals surface area contributed by atoms with Crippen LogP contribution in [-0.2, 0) is 6.42 Å². The van der Waals surface area contributed by atoms with Gasteiger partial charge in [0, 0.05) is 24.4 Å². The van der Waals surface area contributed by atoms with Gasteiger partial charge in [-0.1, -0.05) is 18.2 Å². The fourth-order valence-electron chi connectivity index (χ4n) is 4.80. The molecule has 3 aromatic rings. The summed E-state index contributed by atoms with van der Waals surface area (Å²) in [6.07, 6.45) is 9.16. The molecule has 0 unspecified atom stereocenters.